The molecule has 1 aliphatic heterocycles. The number of benzene rings is 1. The monoisotopic (exact) mass is 368 g/mol. The summed E-state index contributed by atoms with van der Waals surface area (Å²) in [6.45, 7) is 4.13. The predicted molar refractivity (Wildman–Crippen MR) is 103 cm³/mol. The van der Waals surface area contributed by atoms with E-state index in [4.69, 9.17) is 16.6 Å². The first kappa shape index (κ1) is 16.7. The normalized spacial score (nSPS) is 15.2. The minimum Gasteiger partial charge on any atom is -0.280 e. The minimum atomic E-state index is -0.402. The van der Waals surface area contributed by atoms with Crippen LogP contribution < -0.4 is 11.2 Å². The van der Waals surface area contributed by atoms with Crippen LogP contribution in [0.3, 0.4) is 0 Å². The summed E-state index contributed by atoms with van der Waals surface area (Å²) in [4.78, 5) is 33.7. The molecule has 7 heteroatoms. The fourth-order valence-corrected chi connectivity index (χ4v) is 3.75. The lowest BCUT2D eigenvalue weighted by Crippen LogP contribution is -2.37. The van der Waals surface area contributed by atoms with Crippen LogP contribution >= 0.6 is 11.6 Å². The summed E-state index contributed by atoms with van der Waals surface area (Å²) in [5.74, 6) is 0. The number of nitrogens with zero attached hydrogens (tertiary/aromatic N) is 4. The van der Waals surface area contributed by atoms with Gasteiger partial charge < -0.3 is 0 Å². The number of rotatable bonds is 1. The van der Waals surface area contributed by atoms with E-state index in [1.807, 2.05) is 18.2 Å². The molecule has 26 heavy (non-hydrogen) atoms. The van der Waals surface area contributed by atoms with E-state index in [2.05, 4.69) is 18.8 Å². The number of hydrogen-bond donors (Lipinski definition) is 0. The van der Waals surface area contributed by atoms with Gasteiger partial charge >= 0.3 is 5.69 Å². The zero-order chi connectivity index (χ0) is 18.8. The SMILES string of the molecule is Cn1c(=O)c2cc(C3=Nc4c(Cl)cccc4C3(C)C)cnc2n(C)c1=O. The number of aliphatic imine (C=N–C) groups is 1. The van der Waals surface area contributed by atoms with Crippen molar-refractivity contribution in [3.05, 3.63) is 67.4 Å². The smallest absolute Gasteiger partial charge is 0.280 e. The Balaban J connectivity index is 2.00. The van der Waals surface area contributed by atoms with E-state index in [-0.39, 0.29) is 11.0 Å². The summed E-state index contributed by atoms with van der Waals surface area (Å²) in [7, 11) is 3.06. The molecule has 0 saturated heterocycles. The summed E-state index contributed by atoms with van der Waals surface area (Å²) < 4.78 is 2.45. The third-order valence-corrected chi connectivity index (χ3v) is 5.35. The molecule has 3 aromatic rings. The number of halogens is 1. The highest BCUT2D eigenvalue weighted by Crippen LogP contribution is 2.45. The second kappa shape index (κ2) is 5.38. The maximum atomic E-state index is 12.6. The van der Waals surface area contributed by atoms with E-state index >= 15 is 0 Å². The van der Waals surface area contributed by atoms with Crippen LogP contribution in [0.15, 0.2) is 45.0 Å². The molecule has 0 bridgehead atoms. The van der Waals surface area contributed by atoms with E-state index in [0.29, 0.717) is 16.1 Å². The number of hydrogen-bond acceptors (Lipinski definition) is 4. The van der Waals surface area contributed by atoms with Gasteiger partial charge in [-0.05, 0) is 17.7 Å². The Morgan fingerprint density at radius 2 is 1.85 bits per heavy atom. The summed E-state index contributed by atoms with van der Waals surface area (Å²) in [5.41, 5.74) is 2.53. The third-order valence-electron chi connectivity index (χ3n) is 5.04. The quantitative estimate of drug-likeness (QED) is 0.663. The predicted octanol–water partition coefficient (Wildman–Crippen LogP) is 2.70. The van der Waals surface area contributed by atoms with Crippen LogP contribution in [0, 0.1) is 0 Å². The summed E-state index contributed by atoms with van der Waals surface area (Å²) >= 11 is 6.31. The highest BCUT2D eigenvalue weighted by atomic mass is 35.5. The largest absolute Gasteiger partial charge is 0.332 e. The summed E-state index contributed by atoms with van der Waals surface area (Å²) in [5, 5.41) is 0.977. The molecule has 0 aliphatic carbocycles. The average molecular weight is 369 g/mol. The molecule has 0 saturated carbocycles. The average Bonchev–Trinajstić information content (AvgIpc) is 2.90. The Labute approximate surface area is 154 Å². The van der Waals surface area contributed by atoms with Gasteiger partial charge in [0.25, 0.3) is 5.56 Å². The number of para-hydroxylation sites is 1. The van der Waals surface area contributed by atoms with Crippen molar-refractivity contribution in [1.82, 2.24) is 14.1 Å². The van der Waals surface area contributed by atoms with Crippen molar-refractivity contribution in [2.75, 3.05) is 0 Å². The molecule has 6 nitrogen and oxygen atoms in total. The van der Waals surface area contributed by atoms with Crippen molar-refractivity contribution >= 4 is 34.0 Å². The van der Waals surface area contributed by atoms with Gasteiger partial charge in [0.05, 0.1) is 21.8 Å². The van der Waals surface area contributed by atoms with Gasteiger partial charge in [-0.3, -0.25) is 13.9 Å². The second-order valence-corrected chi connectivity index (χ2v) is 7.43. The maximum absolute atomic E-state index is 12.6. The van der Waals surface area contributed by atoms with Crippen molar-refractivity contribution in [2.45, 2.75) is 19.3 Å². The molecule has 3 heterocycles. The zero-order valence-corrected chi connectivity index (χ0v) is 15.6. The highest BCUT2D eigenvalue weighted by molar-refractivity contribution is 6.34. The number of aryl methyl sites for hydroxylation is 1. The Morgan fingerprint density at radius 1 is 1.12 bits per heavy atom. The first-order valence-electron chi connectivity index (χ1n) is 8.18. The van der Waals surface area contributed by atoms with E-state index in [0.717, 1.165) is 27.1 Å². The van der Waals surface area contributed by atoms with Gasteiger partial charge in [0.15, 0.2) is 0 Å². The van der Waals surface area contributed by atoms with Gasteiger partial charge in [-0.2, -0.15) is 0 Å². The summed E-state index contributed by atoms with van der Waals surface area (Å²) in [6.07, 6.45) is 1.65. The molecular formula is C19H17ClN4O2. The maximum Gasteiger partial charge on any atom is 0.332 e. The van der Waals surface area contributed by atoms with Gasteiger partial charge in [0, 0.05) is 31.3 Å². The molecule has 0 spiro atoms. The van der Waals surface area contributed by atoms with Crippen molar-refractivity contribution in [2.24, 2.45) is 19.1 Å². The first-order valence-corrected chi connectivity index (χ1v) is 8.55. The van der Waals surface area contributed by atoms with Crippen LogP contribution in [-0.2, 0) is 19.5 Å². The second-order valence-electron chi connectivity index (χ2n) is 7.02. The van der Waals surface area contributed by atoms with Crippen LogP contribution in [-0.4, -0.2) is 19.8 Å². The molecule has 0 atom stereocenters. The van der Waals surface area contributed by atoms with Crippen molar-refractivity contribution < 1.29 is 0 Å². The molecule has 132 valence electrons. The molecule has 0 radical (unpaired) electrons. The Hall–Kier alpha value is -2.73. The van der Waals surface area contributed by atoms with Gasteiger partial charge in [0.2, 0.25) is 0 Å². The van der Waals surface area contributed by atoms with Gasteiger partial charge in [-0.15, -0.1) is 0 Å². The van der Waals surface area contributed by atoms with E-state index in [1.54, 1.807) is 19.3 Å². The molecule has 1 aromatic carbocycles. The Morgan fingerprint density at radius 3 is 2.54 bits per heavy atom. The zero-order valence-electron chi connectivity index (χ0n) is 14.9. The lowest BCUT2D eigenvalue weighted by Gasteiger charge is -2.22. The topological polar surface area (TPSA) is 69.2 Å². The van der Waals surface area contributed by atoms with Crippen molar-refractivity contribution in [3.63, 3.8) is 0 Å². The molecule has 2 aromatic heterocycles. The van der Waals surface area contributed by atoms with Crippen LogP contribution in [0.2, 0.25) is 5.02 Å². The molecule has 0 amide bonds. The third kappa shape index (κ3) is 2.12. The summed E-state index contributed by atoms with van der Waals surface area (Å²) in [6, 6.07) is 7.48. The lowest BCUT2D eigenvalue weighted by molar-refractivity contribution is 0.707. The number of aromatic nitrogens is 3. The molecule has 1 aliphatic rings. The standard InChI is InChI=1S/C19H17ClN4O2/c1-19(2)12-6-5-7-13(20)14(12)22-15(19)10-8-11-16(21-9-10)23(3)18(26)24(4)17(11)25/h5-9H,1-4H3. The van der Waals surface area contributed by atoms with E-state index in [9.17, 15) is 9.59 Å². The van der Waals surface area contributed by atoms with Crippen molar-refractivity contribution in [1.29, 1.82) is 0 Å². The molecular weight excluding hydrogens is 352 g/mol. The van der Waals surface area contributed by atoms with Crippen LogP contribution in [0.25, 0.3) is 11.0 Å². The van der Waals surface area contributed by atoms with Gasteiger partial charge in [-0.1, -0.05) is 37.6 Å². The minimum absolute atomic E-state index is 0.355. The number of pyridine rings is 1. The van der Waals surface area contributed by atoms with Crippen LogP contribution in [0.5, 0.6) is 0 Å². The van der Waals surface area contributed by atoms with Gasteiger partial charge in [0.1, 0.15) is 5.65 Å². The number of fused-ring (bicyclic) bond motifs is 2. The fourth-order valence-electron chi connectivity index (χ4n) is 3.53. The van der Waals surface area contributed by atoms with Gasteiger partial charge in [-0.25, -0.2) is 14.8 Å². The van der Waals surface area contributed by atoms with Crippen LogP contribution in [0.1, 0.15) is 25.0 Å². The first-order chi connectivity index (χ1) is 12.2. The molecule has 0 N–H and O–H groups in total. The Bertz CT molecular complexity index is 1230. The van der Waals surface area contributed by atoms with Crippen LogP contribution in [0.4, 0.5) is 5.69 Å². The highest BCUT2D eigenvalue weighted by Gasteiger charge is 2.37. The molecule has 0 fully saturated rings. The lowest BCUT2D eigenvalue weighted by atomic mass is 9.79. The van der Waals surface area contributed by atoms with Crippen molar-refractivity contribution in [3.8, 4) is 0 Å². The van der Waals surface area contributed by atoms with E-state index < -0.39 is 5.69 Å². The fraction of sp³-hybridized carbons (Fsp3) is 0.263. The molecule has 4 rings (SSSR count). The molecule has 0 unspecified atom stereocenters. The Kier molecular flexibility index (Phi) is 3.46. The van der Waals surface area contributed by atoms with E-state index in [1.165, 1.54) is 11.6 Å².